The molecule has 1 aromatic carbocycles. The van der Waals surface area contributed by atoms with Gasteiger partial charge >= 0.3 is 6.03 Å². The number of nitrogens with one attached hydrogen (secondary N) is 2. The molecule has 2 N–H and O–H groups in total. The van der Waals surface area contributed by atoms with E-state index >= 15 is 0 Å². The van der Waals surface area contributed by atoms with Gasteiger partial charge in [0.15, 0.2) is 0 Å². The van der Waals surface area contributed by atoms with Crippen molar-refractivity contribution >= 4 is 17.6 Å². The van der Waals surface area contributed by atoms with E-state index in [4.69, 9.17) is 0 Å². The summed E-state index contributed by atoms with van der Waals surface area (Å²) in [7, 11) is 0. The lowest BCUT2D eigenvalue weighted by Gasteiger charge is -2.35. The molecule has 0 bridgehead atoms. The van der Waals surface area contributed by atoms with Gasteiger partial charge in [-0.15, -0.1) is 0 Å². The molecule has 0 radical (unpaired) electrons. The summed E-state index contributed by atoms with van der Waals surface area (Å²) in [5.41, 5.74) is 0.968. The zero-order valence-electron chi connectivity index (χ0n) is 15.3. The van der Waals surface area contributed by atoms with Gasteiger partial charge in [-0.3, -0.25) is 4.79 Å². The molecule has 0 saturated carbocycles. The van der Waals surface area contributed by atoms with E-state index < -0.39 is 11.5 Å². The molecule has 0 spiro atoms. The molecule has 1 aromatic rings. The molecule has 2 rings (SSSR count). The van der Waals surface area contributed by atoms with Crippen molar-refractivity contribution in [2.45, 2.75) is 45.6 Å². The minimum absolute atomic E-state index is 0.0961. The Morgan fingerprint density at radius 3 is 2.60 bits per heavy atom. The number of nitriles is 1. The first kappa shape index (κ1) is 18.8. The van der Waals surface area contributed by atoms with E-state index in [1.165, 1.54) is 0 Å². The number of urea groups is 1. The van der Waals surface area contributed by atoms with Crippen molar-refractivity contribution in [2.75, 3.05) is 18.4 Å². The second-order valence-corrected chi connectivity index (χ2v) is 7.37. The van der Waals surface area contributed by atoms with Crippen molar-refractivity contribution in [3.63, 3.8) is 0 Å². The SMILES string of the molecule is CC(C)C[C@H]1C(=O)NCCN1C(=O)Nc1ccc(C(C)(C)C#N)cc1. The Hall–Kier alpha value is -2.55. The van der Waals surface area contributed by atoms with Gasteiger partial charge in [-0.1, -0.05) is 26.0 Å². The number of benzene rings is 1. The molecule has 6 heteroatoms. The minimum Gasteiger partial charge on any atom is -0.353 e. The van der Waals surface area contributed by atoms with Crippen molar-refractivity contribution < 1.29 is 9.59 Å². The van der Waals surface area contributed by atoms with E-state index in [1.807, 2.05) is 39.8 Å². The van der Waals surface area contributed by atoms with Gasteiger partial charge in [-0.25, -0.2) is 4.79 Å². The second kappa shape index (κ2) is 7.56. The van der Waals surface area contributed by atoms with E-state index in [-0.39, 0.29) is 11.9 Å². The lowest BCUT2D eigenvalue weighted by molar-refractivity contribution is -0.128. The maximum Gasteiger partial charge on any atom is 0.322 e. The number of anilines is 1. The third-order valence-corrected chi connectivity index (χ3v) is 4.42. The van der Waals surface area contributed by atoms with Crippen LogP contribution in [0.5, 0.6) is 0 Å². The van der Waals surface area contributed by atoms with E-state index in [0.717, 1.165) is 5.56 Å². The second-order valence-electron chi connectivity index (χ2n) is 7.37. The topological polar surface area (TPSA) is 85.2 Å². The average Bonchev–Trinajstić information content (AvgIpc) is 2.56. The molecule has 1 fully saturated rings. The number of rotatable bonds is 4. The van der Waals surface area contributed by atoms with E-state index in [9.17, 15) is 14.9 Å². The van der Waals surface area contributed by atoms with Crippen LogP contribution in [0.1, 0.15) is 39.7 Å². The Bertz CT molecular complexity index is 674. The summed E-state index contributed by atoms with van der Waals surface area (Å²) in [6, 6.07) is 8.80. The van der Waals surface area contributed by atoms with Crippen LogP contribution in [0.25, 0.3) is 0 Å². The summed E-state index contributed by atoms with van der Waals surface area (Å²) >= 11 is 0. The van der Waals surface area contributed by atoms with Crippen LogP contribution in [-0.2, 0) is 10.2 Å². The number of hydrogen-bond donors (Lipinski definition) is 2. The number of amides is 3. The van der Waals surface area contributed by atoms with Crippen LogP contribution in [0.15, 0.2) is 24.3 Å². The lowest BCUT2D eigenvalue weighted by atomic mass is 9.86. The molecule has 1 aliphatic heterocycles. The Balaban J connectivity index is 2.10. The van der Waals surface area contributed by atoms with Gasteiger partial charge in [0.05, 0.1) is 11.5 Å². The van der Waals surface area contributed by atoms with Gasteiger partial charge in [-0.05, 0) is 43.9 Å². The number of hydrogen-bond acceptors (Lipinski definition) is 3. The van der Waals surface area contributed by atoms with Crippen LogP contribution < -0.4 is 10.6 Å². The monoisotopic (exact) mass is 342 g/mol. The third kappa shape index (κ3) is 4.50. The van der Waals surface area contributed by atoms with Crippen LogP contribution in [0.3, 0.4) is 0 Å². The quantitative estimate of drug-likeness (QED) is 0.882. The average molecular weight is 342 g/mol. The Morgan fingerprint density at radius 2 is 2.04 bits per heavy atom. The molecule has 3 amide bonds. The van der Waals surface area contributed by atoms with Gasteiger partial charge < -0.3 is 15.5 Å². The summed E-state index contributed by atoms with van der Waals surface area (Å²) in [5, 5.41) is 14.9. The normalized spacial score (nSPS) is 17.8. The maximum absolute atomic E-state index is 12.6. The van der Waals surface area contributed by atoms with E-state index in [2.05, 4.69) is 16.7 Å². The summed E-state index contributed by atoms with van der Waals surface area (Å²) in [5.74, 6) is 0.220. The first-order valence-corrected chi connectivity index (χ1v) is 8.61. The zero-order chi connectivity index (χ0) is 18.6. The molecule has 25 heavy (non-hydrogen) atoms. The third-order valence-electron chi connectivity index (χ3n) is 4.42. The summed E-state index contributed by atoms with van der Waals surface area (Å²) in [4.78, 5) is 26.4. The highest BCUT2D eigenvalue weighted by atomic mass is 16.2. The van der Waals surface area contributed by atoms with Gasteiger partial charge in [0.25, 0.3) is 0 Å². The Labute approximate surface area is 149 Å². The minimum atomic E-state index is -0.574. The van der Waals surface area contributed by atoms with Gasteiger partial charge in [0.2, 0.25) is 5.91 Å². The predicted octanol–water partition coefficient (Wildman–Crippen LogP) is 2.87. The highest BCUT2D eigenvalue weighted by molar-refractivity contribution is 5.94. The smallest absolute Gasteiger partial charge is 0.322 e. The predicted molar refractivity (Wildman–Crippen MR) is 97.1 cm³/mol. The van der Waals surface area contributed by atoms with Gasteiger partial charge in [0.1, 0.15) is 6.04 Å². The molecule has 1 saturated heterocycles. The van der Waals surface area contributed by atoms with Crippen molar-refractivity contribution in [3.05, 3.63) is 29.8 Å². The zero-order valence-corrected chi connectivity index (χ0v) is 15.3. The molecular weight excluding hydrogens is 316 g/mol. The van der Waals surface area contributed by atoms with Crippen LogP contribution in [0.4, 0.5) is 10.5 Å². The number of carbonyl (C=O) groups excluding carboxylic acids is 2. The van der Waals surface area contributed by atoms with E-state index in [0.29, 0.717) is 31.1 Å². The highest BCUT2D eigenvalue weighted by Gasteiger charge is 2.33. The van der Waals surface area contributed by atoms with Gasteiger partial charge in [0, 0.05) is 18.8 Å². The van der Waals surface area contributed by atoms with Crippen molar-refractivity contribution in [3.8, 4) is 6.07 Å². The number of nitrogens with zero attached hydrogens (tertiary/aromatic N) is 2. The van der Waals surface area contributed by atoms with Crippen molar-refractivity contribution in [2.24, 2.45) is 5.92 Å². The Kier molecular flexibility index (Phi) is 5.68. The fourth-order valence-electron chi connectivity index (χ4n) is 2.87. The summed E-state index contributed by atoms with van der Waals surface area (Å²) < 4.78 is 0. The maximum atomic E-state index is 12.6. The van der Waals surface area contributed by atoms with Crippen molar-refractivity contribution in [1.82, 2.24) is 10.2 Å². The molecule has 1 aliphatic rings. The Morgan fingerprint density at radius 1 is 1.40 bits per heavy atom. The summed E-state index contributed by atoms with van der Waals surface area (Å²) in [6.45, 7) is 8.73. The van der Waals surface area contributed by atoms with Crippen LogP contribution >= 0.6 is 0 Å². The largest absolute Gasteiger partial charge is 0.353 e. The molecular formula is C19H26N4O2. The fraction of sp³-hybridized carbons (Fsp3) is 0.526. The van der Waals surface area contributed by atoms with Crippen LogP contribution in [0.2, 0.25) is 0 Å². The number of piperazine rings is 1. The molecule has 6 nitrogen and oxygen atoms in total. The standard InChI is InChI=1S/C19H26N4O2/c1-13(2)11-16-17(24)21-9-10-23(16)18(25)22-15-7-5-14(6-8-15)19(3,4)12-20/h5-8,13,16H,9-11H2,1-4H3,(H,21,24)(H,22,25)/t16-/m0/s1. The molecule has 0 aliphatic carbocycles. The van der Waals surface area contributed by atoms with Crippen LogP contribution in [0, 0.1) is 17.2 Å². The fourth-order valence-corrected chi connectivity index (χ4v) is 2.87. The molecule has 1 heterocycles. The molecule has 0 unspecified atom stereocenters. The first-order chi connectivity index (χ1) is 11.7. The molecule has 0 aromatic heterocycles. The summed E-state index contributed by atoms with van der Waals surface area (Å²) in [6.07, 6.45) is 0.633. The highest BCUT2D eigenvalue weighted by Crippen LogP contribution is 2.24. The first-order valence-electron chi connectivity index (χ1n) is 8.61. The number of carbonyl (C=O) groups is 2. The lowest BCUT2D eigenvalue weighted by Crippen LogP contribution is -2.58. The van der Waals surface area contributed by atoms with Gasteiger partial charge in [-0.2, -0.15) is 5.26 Å². The van der Waals surface area contributed by atoms with Crippen molar-refractivity contribution in [1.29, 1.82) is 5.26 Å². The molecule has 134 valence electrons. The molecule has 1 atom stereocenters. The van der Waals surface area contributed by atoms with E-state index in [1.54, 1.807) is 17.0 Å². The van der Waals surface area contributed by atoms with Crippen LogP contribution in [-0.4, -0.2) is 36.0 Å².